The summed E-state index contributed by atoms with van der Waals surface area (Å²) in [5.41, 5.74) is 2.16. The van der Waals surface area contributed by atoms with E-state index in [4.69, 9.17) is 11.6 Å². The van der Waals surface area contributed by atoms with E-state index in [1.54, 1.807) is 0 Å². The average molecular weight is 318 g/mol. The quantitative estimate of drug-likeness (QED) is 0.794. The Bertz CT molecular complexity index is 474. The Morgan fingerprint density at radius 2 is 2.00 bits per heavy atom. The monoisotopic (exact) mass is 316 g/mol. The maximum Gasteiger partial charge on any atom is 0.168 e. The van der Waals surface area contributed by atoms with Gasteiger partial charge in [-0.25, -0.2) is 4.98 Å². The Morgan fingerprint density at radius 1 is 1.25 bits per heavy atom. The van der Waals surface area contributed by atoms with E-state index in [0.717, 1.165) is 33.7 Å². The normalized spacial score (nSPS) is 13.3. The number of hydrogen-bond acceptors (Lipinski definition) is 2. The van der Waals surface area contributed by atoms with Gasteiger partial charge in [0.25, 0.3) is 0 Å². The van der Waals surface area contributed by atoms with Gasteiger partial charge in [0.2, 0.25) is 0 Å². The van der Waals surface area contributed by atoms with Gasteiger partial charge in [-0.3, -0.25) is 0 Å². The average Bonchev–Trinajstić information content (AvgIpc) is 2.78. The zero-order valence-electron chi connectivity index (χ0n) is 8.39. The van der Waals surface area contributed by atoms with Gasteiger partial charge < -0.3 is 4.57 Å². The number of halogens is 2. The lowest BCUT2D eigenvalue weighted by atomic mass is 10.2. The van der Waals surface area contributed by atoms with Crippen LogP contribution in [0.1, 0.15) is 0 Å². The summed E-state index contributed by atoms with van der Waals surface area (Å²) in [6, 6.07) is 7.80. The van der Waals surface area contributed by atoms with E-state index in [2.05, 4.69) is 15.7 Å². The van der Waals surface area contributed by atoms with Gasteiger partial charge in [0.15, 0.2) is 5.16 Å². The molecule has 2 nitrogen and oxygen atoms in total. The first kappa shape index (κ1) is 12.0. The van der Waals surface area contributed by atoms with Crippen LogP contribution in [-0.2, 0) is 6.54 Å². The van der Waals surface area contributed by atoms with Gasteiger partial charge in [-0.15, -0.1) is 17.0 Å². The number of rotatable bonds is 1. The topological polar surface area (TPSA) is 17.8 Å². The lowest BCUT2D eigenvalue weighted by Crippen LogP contribution is -1.89. The van der Waals surface area contributed by atoms with Crippen LogP contribution in [0.25, 0.3) is 11.3 Å². The van der Waals surface area contributed by atoms with E-state index in [0.29, 0.717) is 0 Å². The molecule has 2 heterocycles. The van der Waals surface area contributed by atoms with Crippen molar-refractivity contribution >= 4 is 40.3 Å². The summed E-state index contributed by atoms with van der Waals surface area (Å²) in [5, 5.41) is 1.89. The third-order valence-electron chi connectivity index (χ3n) is 2.44. The molecule has 2 aromatic rings. The summed E-state index contributed by atoms with van der Waals surface area (Å²) in [7, 11) is 0. The van der Waals surface area contributed by atoms with Gasteiger partial charge >= 0.3 is 0 Å². The van der Waals surface area contributed by atoms with Crippen LogP contribution in [0.2, 0.25) is 5.02 Å². The van der Waals surface area contributed by atoms with Crippen molar-refractivity contribution in [3.8, 4) is 11.3 Å². The van der Waals surface area contributed by atoms with Gasteiger partial charge in [-0.2, -0.15) is 0 Å². The third-order valence-corrected chi connectivity index (χ3v) is 3.67. The van der Waals surface area contributed by atoms with Crippen LogP contribution in [0.15, 0.2) is 35.6 Å². The van der Waals surface area contributed by atoms with Crippen LogP contribution in [-0.4, -0.2) is 15.3 Å². The van der Waals surface area contributed by atoms with Crippen LogP contribution >= 0.6 is 40.3 Å². The summed E-state index contributed by atoms with van der Waals surface area (Å²) in [6.07, 6.45) is 2.11. The standard InChI is InChI=1S/C11H9ClN2S.BrH/c12-9-3-1-8(2-4-9)10-7-14-5-6-15-11(14)13-10;/h1-4,7H,5-6H2;1H. The molecule has 0 atom stereocenters. The van der Waals surface area contributed by atoms with Crippen molar-refractivity contribution in [1.82, 2.24) is 9.55 Å². The molecule has 5 heteroatoms. The van der Waals surface area contributed by atoms with Crippen molar-refractivity contribution in [2.24, 2.45) is 0 Å². The Labute approximate surface area is 114 Å². The lowest BCUT2D eigenvalue weighted by Gasteiger charge is -1.96. The highest BCUT2D eigenvalue weighted by molar-refractivity contribution is 8.93. The Hall–Kier alpha value is -0.450. The maximum atomic E-state index is 5.84. The first-order chi connectivity index (χ1) is 7.33. The number of imidazole rings is 1. The SMILES string of the molecule is Br.Clc1ccc(-c2cn3c(n2)SCC3)cc1. The van der Waals surface area contributed by atoms with Crippen molar-refractivity contribution in [3.63, 3.8) is 0 Å². The molecule has 0 spiro atoms. The van der Waals surface area contributed by atoms with Crippen molar-refractivity contribution in [2.75, 3.05) is 5.75 Å². The largest absolute Gasteiger partial charge is 0.325 e. The number of hydrogen-bond donors (Lipinski definition) is 0. The van der Waals surface area contributed by atoms with E-state index >= 15 is 0 Å². The van der Waals surface area contributed by atoms with Crippen molar-refractivity contribution in [2.45, 2.75) is 11.7 Å². The number of fused-ring (bicyclic) bond motifs is 1. The number of aryl methyl sites for hydroxylation is 1. The molecular formula is C11H10BrClN2S. The summed E-state index contributed by atoms with van der Waals surface area (Å²) in [4.78, 5) is 4.57. The molecule has 1 aliphatic heterocycles. The maximum absolute atomic E-state index is 5.84. The molecule has 0 unspecified atom stereocenters. The summed E-state index contributed by atoms with van der Waals surface area (Å²) in [6.45, 7) is 1.07. The Morgan fingerprint density at radius 3 is 2.69 bits per heavy atom. The zero-order valence-corrected chi connectivity index (χ0v) is 11.7. The lowest BCUT2D eigenvalue weighted by molar-refractivity contribution is 0.719. The fraction of sp³-hybridized carbons (Fsp3) is 0.182. The second-order valence-electron chi connectivity index (χ2n) is 3.46. The van der Waals surface area contributed by atoms with E-state index in [-0.39, 0.29) is 17.0 Å². The molecule has 3 rings (SSSR count). The summed E-state index contributed by atoms with van der Waals surface area (Å²) >= 11 is 7.66. The molecule has 0 amide bonds. The van der Waals surface area contributed by atoms with E-state index in [1.807, 2.05) is 36.0 Å². The van der Waals surface area contributed by atoms with Gasteiger partial charge in [0, 0.05) is 29.1 Å². The Balaban J connectivity index is 0.000000963. The van der Waals surface area contributed by atoms with Crippen LogP contribution in [0.3, 0.4) is 0 Å². The van der Waals surface area contributed by atoms with Gasteiger partial charge in [0.05, 0.1) is 5.69 Å². The van der Waals surface area contributed by atoms with Crippen LogP contribution < -0.4 is 0 Å². The predicted octanol–water partition coefficient (Wildman–Crippen LogP) is 3.89. The van der Waals surface area contributed by atoms with Gasteiger partial charge in [-0.1, -0.05) is 35.5 Å². The first-order valence-electron chi connectivity index (χ1n) is 4.79. The minimum atomic E-state index is 0. The highest BCUT2D eigenvalue weighted by atomic mass is 79.9. The molecule has 0 bridgehead atoms. The molecule has 1 aliphatic rings. The molecule has 16 heavy (non-hydrogen) atoms. The molecular weight excluding hydrogens is 308 g/mol. The van der Waals surface area contributed by atoms with Crippen molar-refractivity contribution in [1.29, 1.82) is 0 Å². The second kappa shape index (κ2) is 4.82. The molecule has 0 radical (unpaired) electrons. The molecule has 0 fully saturated rings. The number of benzene rings is 1. The van der Waals surface area contributed by atoms with Gasteiger partial charge in [0.1, 0.15) is 0 Å². The minimum absolute atomic E-state index is 0. The molecule has 1 aromatic heterocycles. The smallest absolute Gasteiger partial charge is 0.168 e. The van der Waals surface area contributed by atoms with E-state index in [1.165, 1.54) is 0 Å². The molecule has 0 saturated carbocycles. The molecule has 0 N–H and O–H groups in total. The van der Waals surface area contributed by atoms with Gasteiger partial charge in [-0.05, 0) is 12.1 Å². The van der Waals surface area contributed by atoms with E-state index < -0.39 is 0 Å². The van der Waals surface area contributed by atoms with Crippen LogP contribution in [0.4, 0.5) is 0 Å². The minimum Gasteiger partial charge on any atom is -0.325 e. The van der Waals surface area contributed by atoms with Crippen molar-refractivity contribution in [3.05, 3.63) is 35.5 Å². The van der Waals surface area contributed by atoms with Crippen LogP contribution in [0.5, 0.6) is 0 Å². The fourth-order valence-electron chi connectivity index (χ4n) is 1.67. The van der Waals surface area contributed by atoms with Crippen LogP contribution in [0, 0.1) is 0 Å². The predicted molar refractivity (Wildman–Crippen MR) is 73.7 cm³/mol. The summed E-state index contributed by atoms with van der Waals surface area (Å²) in [5.74, 6) is 1.14. The third kappa shape index (κ3) is 2.14. The zero-order chi connectivity index (χ0) is 10.3. The second-order valence-corrected chi connectivity index (χ2v) is 4.96. The number of nitrogens with zero attached hydrogens (tertiary/aromatic N) is 2. The number of aromatic nitrogens is 2. The highest BCUT2D eigenvalue weighted by Crippen LogP contribution is 2.29. The molecule has 1 aromatic carbocycles. The fourth-order valence-corrected chi connectivity index (χ4v) is 2.74. The van der Waals surface area contributed by atoms with Crippen molar-refractivity contribution < 1.29 is 0 Å². The van der Waals surface area contributed by atoms with E-state index in [9.17, 15) is 0 Å². The molecule has 0 aliphatic carbocycles. The highest BCUT2D eigenvalue weighted by Gasteiger charge is 2.14. The molecule has 84 valence electrons. The molecule has 0 saturated heterocycles. The first-order valence-corrected chi connectivity index (χ1v) is 6.15. The summed E-state index contributed by atoms with van der Waals surface area (Å²) < 4.78 is 2.20. The number of thioether (sulfide) groups is 1. The Kier molecular flexibility index (Phi) is 3.62.